The average Bonchev–Trinajstić information content (AvgIpc) is 3.38. The molecule has 6 nitrogen and oxygen atoms in total. The largest absolute Gasteiger partial charge is 0.491 e. The molecule has 1 N–H and O–H groups in total. The number of carbonyl (C=O) groups is 1. The molecule has 1 aliphatic rings. The smallest absolute Gasteiger partial charge is 0.237 e. The molecule has 0 bridgehead atoms. The van der Waals surface area contributed by atoms with Crippen LogP contribution in [0.3, 0.4) is 0 Å². The Balaban J connectivity index is 1.35. The number of hydrogen-bond acceptors (Lipinski definition) is 6. The van der Waals surface area contributed by atoms with Crippen molar-refractivity contribution in [1.82, 2.24) is 9.80 Å². The Hall–Kier alpha value is -3.04. The molecule has 0 spiro atoms. The van der Waals surface area contributed by atoms with Crippen LogP contribution in [-0.2, 0) is 22.6 Å². The van der Waals surface area contributed by atoms with Crippen LogP contribution in [0.1, 0.15) is 22.0 Å². The van der Waals surface area contributed by atoms with E-state index in [9.17, 15) is 14.3 Å². The Morgan fingerprint density at radius 2 is 2.00 bits per heavy atom. The molecule has 0 aliphatic carbocycles. The quantitative estimate of drug-likeness (QED) is 0.335. The maximum atomic E-state index is 13.5. The second-order valence-corrected chi connectivity index (χ2v) is 10.1. The molecule has 37 heavy (non-hydrogen) atoms. The number of rotatable bonds is 13. The number of aliphatic hydroxyl groups excluding tert-OH is 1. The van der Waals surface area contributed by atoms with Gasteiger partial charge in [0.25, 0.3) is 0 Å². The average molecular weight is 525 g/mol. The zero-order chi connectivity index (χ0) is 26.0. The zero-order valence-corrected chi connectivity index (χ0v) is 21.6. The summed E-state index contributed by atoms with van der Waals surface area (Å²) >= 11 is 1.69. The first kappa shape index (κ1) is 27.0. The first-order valence-electron chi connectivity index (χ1n) is 12.4. The topological polar surface area (TPSA) is 62.2 Å². The molecule has 1 aromatic heterocycles. The molecule has 3 aromatic rings. The molecule has 2 aromatic carbocycles. The van der Waals surface area contributed by atoms with Crippen molar-refractivity contribution >= 4 is 17.2 Å². The fourth-order valence-electron chi connectivity index (χ4n) is 4.49. The number of halogens is 1. The van der Waals surface area contributed by atoms with E-state index in [4.69, 9.17) is 9.47 Å². The Labute approximate surface area is 221 Å². The van der Waals surface area contributed by atoms with Crippen LogP contribution in [0.25, 0.3) is 0 Å². The van der Waals surface area contributed by atoms with Gasteiger partial charge in [-0.25, -0.2) is 4.39 Å². The van der Waals surface area contributed by atoms with E-state index in [0.717, 1.165) is 17.5 Å². The molecular formula is C29H33FN2O4S. The van der Waals surface area contributed by atoms with Gasteiger partial charge >= 0.3 is 0 Å². The minimum absolute atomic E-state index is 0.0381. The first-order valence-corrected chi connectivity index (χ1v) is 13.3. The minimum atomic E-state index is -0.737. The summed E-state index contributed by atoms with van der Waals surface area (Å²) in [5.74, 6) is 0.198. The maximum Gasteiger partial charge on any atom is 0.237 e. The Bertz CT molecular complexity index is 1140. The summed E-state index contributed by atoms with van der Waals surface area (Å²) in [5.41, 5.74) is 2.14. The molecule has 0 saturated carbocycles. The number of hydrogen-bond donors (Lipinski definition) is 1. The van der Waals surface area contributed by atoms with Gasteiger partial charge in [0.15, 0.2) is 0 Å². The van der Waals surface area contributed by atoms with Crippen LogP contribution in [0.15, 0.2) is 78.7 Å². The summed E-state index contributed by atoms with van der Waals surface area (Å²) in [6.07, 6.45) is 1.79. The summed E-state index contributed by atoms with van der Waals surface area (Å²) in [4.78, 5) is 18.5. The molecule has 2 heterocycles. The standard InChI is InChI=1S/C29H33FN2O4S/c1-2-14-31(17-24(33)20-35-19-22-6-4-3-5-7-22)18-29(34)32-15-12-28-26(13-16-37-28)27(32)21-36-25-10-8-23(30)9-11-25/h2-11,13,16,24,27,33H,1,12,14-15,17-21H2. The molecule has 1 aliphatic heterocycles. The highest BCUT2D eigenvalue weighted by atomic mass is 32.1. The third-order valence-corrected chi connectivity index (χ3v) is 7.27. The second-order valence-electron chi connectivity index (χ2n) is 9.05. The lowest BCUT2D eigenvalue weighted by atomic mass is 10.0. The van der Waals surface area contributed by atoms with Crippen LogP contribution in [0, 0.1) is 5.82 Å². The van der Waals surface area contributed by atoms with E-state index >= 15 is 0 Å². The van der Waals surface area contributed by atoms with Crippen LogP contribution < -0.4 is 4.74 Å². The van der Waals surface area contributed by atoms with Crippen molar-refractivity contribution in [3.63, 3.8) is 0 Å². The first-order chi connectivity index (χ1) is 18.0. The number of thiophene rings is 1. The molecule has 0 radical (unpaired) electrons. The monoisotopic (exact) mass is 524 g/mol. The lowest BCUT2D eigenvalue weighted by Crippen LogP contribution is -2.48. The van der Waals surface area contributed by atoms with Gasteiger partial charge in [-0.05, 0) is 53.3 Å². The second kappa shape index (κ2) is 13.5. The van der Waals surface area contributed by atoms with Crippen molar-refractivity contribution in [1.29, 1.82) is 0 Å². The lowest BCUT2D eigenvalue weighted by Gasteiger charge is -2.37. The van der Waals surface area contributed by atoms with E-state index in [1.165, 1.54) is 17.0 Å². The van der Waals surface area contributed by atoms with Gasteiger partial charge in [0, 0.05) is 24.5 Å². The van der Waals surface area contributed by atoms with Crippen molar-refractivity contribution in [2.24, 2.45) is 0 Å². The summed E-state index contributed by atoms with van der Waals surface area (Å²) < 4.78 is 24.9. The number of amides is 1. The van der Waals surface area contributed by atoms with Gasteiger partial charge in [-0.15, -0.1) is 17.9 Å². The van der Waals surface area contributed by atoms with Crippen LogP contribution >= 0.6 is 11.3 Å². The summed E-state index contributed by atoms with van der Waals surface area (Å²) in [6, 6.07) is 17.5. The molecule has 2 atom stereocenters. The van der Waals surface area contributed by atoms with E-state index < -0.39 is 6.10 Å². The number of ether oxygens (including phenoxy) is 2. The highest BCUT2D eigenvalue weighted by molar-refractivity contribution is 7.10. The fourth-order valence-corrected chi connectivity index (χ4v) is 5.41. The Morgan fingerprint density at radius 1 is 1.22 bits per heavy atom. The number of benzene rings is 2. The third-order valence-electron chi connectivity index (χ3n) is 6.27. The summed E-state index contributed by atoms with van der Waals surface area (Å²) in [7, 11) is 0. The van der Waals surface area contributed by atoms with Crippen LogP contribution in [-0.4, -0.2) is 66.3 Å². The molecular weight excluding hydrogens is 491 g/mol. The van der Waals surface area contributed by atoms with Crippen LogP contribution in [0.5, 0.6) is 5.75 Å². The normalized spacial score (nSPS) is 15.9. The van der Waals surface area contributed by atoms with E-state index in [2.05, 4.69) is 6.58 Å². The van der Waals surface area contributed by atoms with E-state index in [1.807, 2.05) is 51.6 Å². The van der Waals surface area contributed by atoms with E-state index in [1.54, 1.807) is 29.5 Å². The number of fused-ring (bicyclic) bond motifs is 1. The minimum Gasteiger partial charge on any atom is -0.491 e. The van der Waals surface area contributed by atoms with Crippen molar-refractivity contribution in [3.8, 4) is 5.75 Å². The number of aliphatic hydroxyl groups is 1. The molecule has 1 amide bonds. The zero-order valence-electron chi connectivity index (χ0n) is 20.8. The van der Waals surface area contributed by atoms with Gasteiger partial charge in [-0.2, -0.15) is 0 Å². The molecule has 2 unspecified atom stereocenters. The van der Waals surface area contributed by atoms with Gasteiger partial charge in [-0.1, -0.05) is 36.4 Å². The van der Waals surface area contributed by atoms with Gasteiger partial charge in [0.2, 0.25) is 5.91 Å². The van der Waals surface area contributed by atoms with E-state index in [-0.39, 0.29) is 37.5 Å². The molecule has 0 saturated heterocycles. The molecule has 4 rings (SSSR count). The number of nitrogens with zero attached hydrogens (tertiary/aromatic N) is 2. The van der Waals surface area contributed by atoms with Crippen molar-refractivity contribution in [3.05, 3.63) is 101 Å². The van der Waals surface area contributed by atoms with E-state index in [0.29, 0.717) is 32.0 Å². The maximum absolute atomic E-state index is 13.5. The highest BCUT2D eigenvalue weighted by Gasteiger charge is 2.33. The van der Waals surface area contributed by atoms with Crippen LogP contribution in [0.2, 0.25) is 0 Å². The van der Waals surface area contributed by atoms with Gasteiger partial charge in [0.1, 0.15) is 18.2 Å². The molecule has 8 heteroatoms. The molecule has 0 fully saturated rings. The van der Waals surface area contributed by atoms with Crippen LogP contribution in [0.4, 0.5) is 4.39 Å². The SMILES string of the molecule is C=CCN(CC(=O)N1CCc2sccc2C1COc1ccc(F)cc1)CC(O)COCc1ccccc1. The number of carbonyl (C=O) groups excluding carboxylic acids is 1. The lowest BCUT2D eigenvalue weighted by molar-refractivity contribution is -0.136. The summed E-state index contributed by atoms with van der Waals surface area (Å²) in [5, 5.41) is 12.6. The highest BCUT2D eigenvalue weighted by Crippen LogP contribution is 2.34. The van der Waals surface area contributed by atoms with Gasteiger partial charge < -0.3 is 19.5 Å². The van der Waals surface area contributed by atoms with Gasteiger partial charge in [-0.3, -0.25) is 9.69 Å². The van der Waals surface area contributed by atoms with Crippen molar-refractivity contribution in [2.75, 3.05) is 39.4 Å². The molecule has 196 valence electrons. The van der Waals surface area contributed by atoms with Gasteiger partial charge in [0.05, 0.1) is 31.9 Å². The Kier molecular flexibility index (Phi) is 9.85. The Morgan fingerprint density at radius 3 is 2.76 bits per heavy atom. The predicted molar refractivity (Wildman–Crippen MR) is 143 cm³/mol. The third kappa shape index (κ3) is 7.72. The fraction of sp³-hybridized carbons (Fsp3) is 0.345. The summed E-state index contributed by atoms with van der Waals surface area (Å²) in [6.45, 7) is 6.18. The van der Waals surface area contributed by atoms with Crippen molar-refractivity contribution < 1.29 is 23.8 Å². The van der Waals surface area contributed by atoms with Crippen molar-refractivity contribution in [2.45, 2.75) is 25.2 Å². The predicted octanol–water partition coefficient (Wildman–Crippen LogP) is 4.46.